The Balaban J connectivity index is 2.20. The maximum absolute atomic E-state index is 11.1. The number of phenolic OH excluding ortho intramolecular Hbond substituents is 1. The average Bonchev–Trinajstić information content (AvgIpc) is 2.44. The average molecular weight is 353 g/mol. The Kier molecular flexibility index (Phi) is 5.49. The summed E-state index contributed by atoms with van der Waals surface area (Å²) in [6.07, 6.45) is 1.92. The molecule has 0 amide bonds. The number of hydrogen-bond donors (Lipinski definition) is 5. The highest BCUT2D eigenvalue weighted by atomic mass is 31.2. The van der Waals surface area contributed by atoms with Gasteiger partial charge in [-0.2, -0.15) is 4.76 Å². The monoisotopic (exact) mass is 353 g/mol. The zero-order valence-corrected chi connectivity index (χ0v) is 14.0. The lowest BCUT2D eigenvalue weighted by atomic mass is 9.89. The number of benzene rings is 1. The number of hydrogen-bond acceptors (Lipinski definition) is 4. The van der Waals surface area contributed by atoms with E-state index in [1.54, 1.807) is 18.2 Å². The summed E-state index contributed by atoms with van der Waals surface area (Å²) in [6, 6.07) is 6.83. The smallest absolute Gasteiger partial charge is 0.448 e. The molecule has 0 saturated heterocycles. The van der Waals surface area contributed by atoms with Crippen LogP contribution in [0.4, 0.5) is 0 Å². The summed E-state index contributed by atoms with van der Waals surface area (Å²) < 4.78 is 14.5. The number of rotatable bonds is 5. The third-order valence-corrected chi connectivity index (χ3v) is 4.33. The molecule has 1 aliphatic rings. The van der Waals surface area contributed by atoms with Crippen LogP contribution in [0.2, 0.25) is 0 Å². The molecule has 1 aromatic carbocycles. The molecule has 1 unspecified atom stereocenters. The topological polar surface area (TPSA) is 131 Å². The van der Waals surface area contributed by atoms with Crippen LogP contribution in [-0.2, 0) is 4.57 Å². The Morgan fingerprint density at radius 2 is 1.96 bits per heavy atom. The fourth-order valence-electron chi connectivity index (χ4n) is 2.61. The van der Waals surface area contributed by atoms with Crippen LogP contribution in [0.15, 0.2) is 52.2 Å². The van der Waals surface area contributed by atoms with Gasteiger partial charge in [-0.05, 0) is 36.5 Å². The maximum Gasteiger partial charge on any atom is 0.448 e. The summed E-state index contributed by atoms with van der Waals surface area (Å²) in [7, 11) is -4.67. The van der Waals surface area contributed by atoms with Gasteiger partial charge in [0.2, 0.25) is 0 Å². The first-order chi connectivity index (χ1) is 11.2. The van der Waals surface area contributed by atoms with Crippen molar-refractivity contribution in [2.75, 3.05) is 0 Å². The second kappa shape index (κ2) is 7.21. The van der Waals surface area contributed by atoms with Crippen molar-refractivity contribution < 1.29 is 29.7 Å². The van der Waals surface area contributed by atoms with Crippen molar-refractivity contribution in [3.8, 4) is 5.75 Å². The minimum atomic E-state index is -4.67. The second-order valence-corrected chi connectivity index (χ2v) is 7.00. The SMILES string of the molecule is CC(CCC1=C(O)C=C(O)CC1=NP(=O)(O)O)c1cccc(O)c1. The molecule has 5 N–H and O–H groups in total. The number of aromatic hydroxyl groups is 1. The van der Waals surface area contributed by atoms with Crippen molar-refractivity contribution in [2.24, 2.45) is 4.76 Å². The minimum Gasteiger partial charge on any atom is -0.512 e. The Labute approximate surface area is 139 Å². The molecule has 2 rings (SSSR count). The third kappa shape index (κ3) is 4.96. The van der Waals surface area contributed by atoms with Crippen molar-refractivity contribution in [3.63, 3.8) is 0 Å². The van der Waals surface area contributed by atoms with E-state index >= 15 is 0 Å². The molecule has 1 aromatic rings. The van der Waals surface area contributed by atoms with Gasteiger partial charge in [0.05, 0.1) is 5.71 Å². The summed E-state index contributed by atoms with van der Waals surface area (Å²) in [5.74, 6) is -0.234. The Morgan fingerprint density at radius 1 is 1.25 bits per heavy atom. The predicted octanol–water partition coefficient (Wildman–Crippen LogP) is 3.47. The van der Waals surface area contributed by atoms with E-state index in [-0.39, 0.29) is 35.3 Å². The van der Waals surface area contributed by atoms with Crippen LogP contribution in [0.3, 0.4) is 0 Å². The van der Waals surface area contributed by atoms with Crippen molar-refractivity contribution in [1.82, 2.24) is 0 Å². The first-order valence-corrected chi connectivity index (χ1v) is 8.98. The molecular weight excluding hydrogens is 333 g/mol. The van der Waals surface area contributed by atoms with E-state index in [1.807, 2.05) is 13.0 Å². The molecule has 7 nitrogen and oxygen atoms in total. The lowest BCUT2D eigenvalue weighted by Crippen LogP contribution is -2.13. The van der Waals surface area contributed by atoms with Crippen LogP contribution in [0.25, 0.3) is 0 Å². The predicted molar refractivity (Wildman–Crippen MR) is 90.2 cm³/mol. The summed E-state index contributed by atoms with van der Waals surface area (Å²) in [4.78, 5) is 18.1. The molecule has 0 bridgehead atoms. The Bertz CT molecular complexity index is 762. The maximum atomic E-state index is 11.1. The molecule has 130 valence electrons. The summed E-state index contributed by atoms with van der Waals surface area (Å²) in [5.41, 5.74) is 1.21. The van der Waals surface area contributed by atoms with Crippen LogP contribution in [0.1, 0.15) is 37.7 Å². The lowest BCUT2D eigenvalue weighted by Gasteiger charge is -2.19. The first-order valence-electron chi connectivity index (χ1n) is 7.41. The van der Waals surface area contributed by atoms with Crippen LogP contribution in [0, 0.1) is 0 Å². The van der Waals surface area contributed by atoms with Gasteiger partial charge < -0.3 is 25.1 Å². The highest BCUT2D eigenvalue weighted by molar-refractivity contribution is 7.50. The van der Waals surface area contributed by atoms with E-state index in [2.05, 4.69) is 4.76 Å². The second-order valence-electron chi connectivity index (χ2n) is 5.77. The van der Waals surface area contributed by atoms with E-state index in [4.69, 9.17) is 9.79 Å². The van der Waals surface area contributed by atoms with Crippen LogP contribution in [-0.4, -0.2) is 30.8 Å². The van der Waals surface area contributed by atoms with Crippen molar-refractivity contribution in [2.45, 2.75) is 32.1 Å². The summed E-state index contributed by atoms with van der Waals surface area (Å²) in [5, 5.41) is 29.1. The van der Waals surface area contributed by atoms with E-state index < -0.39 is 7.75 Å². The molecule has 0 saturated carbocycles. The van der Waals surface area contributed by atoms with Gasteiger partial charge in [0.1, 0.15) is 17.3 Å². The molecule has 0 radical (unpaired) electrons. The molecule has 8 heteroatoms. The third-order valence-electron chi connectivity index (χ3n) is 3.83. The van der Waals surface area contributed by atoms with Gasteiger partial charge in [0, 0.05) is 18.1 Å². The number of aliphatic hydroxyl groups excluding tert-OH is 2. The molecule has 0 aromatic heterocycles. The lowest BCUT2D eigenvalue weighted by molar-refractivity contribution is 0.373. The number of aliphatic hydroxyl groups is 2. The fourth-order valence-corrected chi connectivity index (χ4v) is 3.11. The quantitative estimate of drug-likeness (QED) is 0.515. The van der Waals surface area contributed by atoms with Crippen LogP contribution >= 0.6 is 7.75 Å². The van der Waals surface area contributed by atoms with Crippen molar-refractivity contribution in [1.29, 1.82) is 0 Å². The standard InChI is InChI=1S/C16H20NO6P/c1-10(11-3-2-4-12(18)7-11)5-6-14-15(17-24(21,22)23)8-13(19)9-16(14)20/h2-4,7,9-10,18-20H,5-6,8H2,1H3,(H2,21,22,23). The van der Waals surface area contributed by atoms with Gasteiger partial charge in [0.25, 0.3) is 0 Å². The van der Waals surface area contributed by atoms with E-state index in [0.717, 1.165) is 11.6 Å². The molecule has 1 atom stereocenters. The highest BCUT2D eigenvalue weighted by Crippen LogP contribution is 2.39. The van der Waals surface area contributed by atoms with Crippen molar-refractivity contribution >= 4 is 13.5 Å². The zero-order chi connectivity index (χ0) is 17.9. The van der Waals surface area contributed by atoms with Gasteiger partial charge in [-0.15, -0.1) is 0 Å². The largest absolute Gasteiger partial charge is 0.512 e. The Morgan fingerprint density at radius 3 is 2.58 bits per heavy atom. The normalized spacial score (nSPS) is 18.6. The summed E-state index contributed by atoms with van der Waals surface area (Å²) in [6.45, 7) is 1.95. The van der Waals surface area contributed by atoms with Gasteiger partial charge in [0.15, 0.2) is 0 Å². The summed E-state index contributed by atoms with van der Waals surface area (Å²) >= 11 is 0. The molecule has 0 heterocycles. The first kappa shape index (κ1) is 18.3. The molecule has 0 spiro atoms. The van der Waals surface area contributed by atoms with E-state index in [9.17, 15) is 19.9 Å². The van der Waals surface area contributed by atoms with E-state index in [0.29, 0.717) is 18.4 Å². The van der Waals surface area contributed by atoms with Crippen molar-refractivity contribution in [3.05, 3.63) is 53.0 Å². The van der Waals surface area contributed by atoms with Crippen LogP contribution in [0.5, 0.6) is 5.75 Å². The molecule has 1 aliphatic carbocycles. The van der Waals surface area contributed by atoms with Gasteiger partial charge in [-0.3, -0.25) is 0 Å². The molecule has 0 aliphatic heterocycles. The number of phenols is 1. The van der Waals surface area contributed by atoms with Gasteiger partial charge in [-0.1, -0.05) is 19.1 Å². The van der Waals surface area contributed by atoms with E-state index in [1.165, 1.54) is 0 Å². The highest BCUT2D eigenvalue weighted by Gasteiger charge is 2.24. The minimum absolute atomic E-state index is 0.0102. The number of nitrogens with zero attached hydrogens (tertiary/aromatic N) is 1. The molecule has 24 heavy (non-hydrogen) atoms. The van der Waals surface area contributed by atoms with Crippen LogP contribution < -0.4 is 0 Å². The fraction of sp³-hybridized carbons (Fsp3) is 0.312. The molecular formula is C16H20NO6P. The zero-order valence-electron chi connectivity index (χ0n) is 13.1. The van der Waals surface area contributed by atoms with Gasteiger partial charge >= 0.3 is 7.75 Å². The van der Waals surface area contributed by atoms with Gasteiger partial charge in [-0.25, -0.2) is 4.57 Å². The Hall–Kier alpha value is -2.08. The molecule has 0 fully saturated rings. The number of allylic oxidation sites excluding steroid dienone is 3.